The molecule has 0 unspecified atom stereocenters. The van der Waals surface area contributed by atoms with Gasteiger partial charge >= 0.3 is 0 Å². The molecule has 2 aliphatic heterocycles. The van der Waals surface area contributed by atoms with Crippen molar-refractivity contribution < 1.29 is 4.79 Å². The molecule has 4 heteroatoms. The van der Waals surface area contributed by atoms with Gasteiger partial charge in [-0.2, -0.15) is 0 Å². The van der Waals surface area contributed by atoms with Gasteiger partial charge in [0.05, 0.1) is 0 Å². The standard InChI is InChI=1S/C14H27N3O/c1-12(18)16-8-10-17-9-2-3-14(11-17)13-4-6-15-7-5-13/h13-15H,2-11H2,1H3,(H,16,18)/t14-/m0/s1. The van der Waals surface area contributed by atoms with E-state index in [1.807, 2.05) is 0 Å². The highest BCUT2D eigenvalue weighted by molar-refractivity contribution is 5.72. The van der Waals surface area contributed by atoms with Crippen molar-refractivity contribution in [3.63, 3.8) is 0 Å². The number of nitrogens with one attached hydrogen (secondary N) is 2. The number of rotatable bonds is 4. The summed E-state index contributed by atoms with van der Waals surface area (Å²) >= 11 is 0. The van der Waals surface area contributed by atoms with Gasteiger partial charge in [-0.15, -0.1) is 0 Å². The summed E-state index contributed by atoms with van der Waals surface area (Å²) in [6.07, 6.45) is 5.43. The van der Waals surface area contributed by atoms with Gasteiger partial charge in [0, 0.05) is 26.6 Å². The molecule has 1 amide bonds. The van der Waals surface area contributed by atoms with Crippen molar-refractivity contribution in [2.75, 3.05) is 39.3 Å². The molecule has 0 aromatic rings. The van der Waals surface area contributed by atoms with Crippen molar-refractivity contribution in [3.05, 3.63) is 0 Å². The molecule has 1 atom stereocenters. The van der Waals surface area contributed by atoms with Crippen LogP contribution in [0.1, 0.15) is 32.6 Å². The van der Waals surface area contributed by atoms with Crippen LogP contribution < -0.4 is 10.6 Å². The summed E-state index contributed by atoms with van der Waals surface area (Å²) in [5.41, 5.74) is 0. The summed E-state index contributed by atoms with van der Waals surface area (Å²) < 4.78 is 0. The quantitative estimate of drug-likeness (QED) is 0.780. The Morgan fingerprint density at radius 2 is 2.06 bits per heavy atom. The Labute approximate surface area is 110 Å². The SMILES string of the molecule is CC(=O)NCCN1CCC[C@H](C2CCNCC2)C1. The molecule has 2 saturated heterocycles. The van der Waals surface area contributed by atoms with Gasteiger partial charge in [-0.3, -0.25) is 4.79 Å². The zero-order valence-corrected chi connectivity index (χ0v) is 11.6. The fourth-order valence-electron chi connectivity index (χ4n) is 3.38. The number of carbonyl (C=O) groups is 1. The number of hydrogen-bond acceptors (Lipinski definition) is 3. The largest absolute Gasteiger partial charge is 0.355 e. The molecule has 18 heavy (non-hydrogen) atoms. The Morgan fingerprint density at radius 1 is 1.28 bits per heavy atom. The van der Waals surface area contributed by atoms with Gasteiger partial charge in [0.25, 0.3) is 0 Å². The third kappa shape index (κ3) is 4.25. The van der Waals surface area contributed by atoms with E-state index < -0.39 is 0 Å². The first-order chi connectivity index (χ1) is 8.75. The average molecular weight is 253 g/mol. The fourth-order valence-corrected chi connectivity index (χ4v) is 3.38. The van der Waals surface area contributed by atoms with Crippen LogP contribution in [0.4, 0.5) is 0 Å². The summed E-state index contributed by atoms with van der Waals surface area (Å²) in [7, 11) is 0. The highest BCUT2D eigenvalue weighted by Crippen LogP contribution is 2.29. The molecule has 0 aromatic heterocycles. The second kappa shape index (κ2) is 7.10. The van der Waals surface area contributed by atoms with E-state index in [-0.39, 0.29) is 5.91 Å². The summed E-state index contributed by atoms with van der Waals surface area (Å²) in [5.74, 6) is 1.90. The molecule has 0 aliphatic carbocycles. The first-order valence-electron chi connectivity index (χ1n) is 7.43. The van der Waals surface area contributed by atoms with Crippen molar-refractivity contribution in [2.45, 2.75) is 32.6 Å². The minimum absolute atomic E-state index is 0.0851. The van der Waals surface area contributed by atoms with E-state index in [0.29, 0.717) is 0 Å². The Balaban J connectivity index is 1.71. The topological polar surface area (TPSA) is 44.4 Å². The van der Waals surface area contributed by atoms with Gasteiger partial charge in [0.2, 0.25) is 5.91 Å². The molecule has 2 N–H and O–H groups in total. The van der Waals surface area contributed by atoms with Crippen LogP contribution in [-0.2, 0) is 4.79 Å². The lowest BCUT2D eigenvalue weighted by atomic mass is 9.80. The Hall–Kier alpha value is -0.610. The van der Waals surface area contributed by atoms with Crippen LogP contribution in [0.15, 0.2) is 0 Å². The van der Waals surface area contributed by atoms with Crippen molar-refractivity contribution >= 4 is 5.91 Å². The minimum Gasteiger partial charge on any atom is -0.355 e. The molecule has 0 bridgehead atoms. The molecule has 104 valence electrons. The monoisotopic (exact) mass is 253 g/mol. The van der Waals surface area contributed by atoms with Crippen molar-refractivity contribution in [1.29, 1.82) is 0 Å². The van der Waals surface area contributed by atoms with Crippen LogP contribution in [0.3, 0.4) is 0 Å². The first kappa shape index (κ1) is 13.8. The zero-order chi connectivity index (χ0) is 12.8. The Kier molecular flexibility index (Phi) is 5.45. The lowest BCUT2D eigenvalue weighted by Gasteiger charge is -2.38. The van der Waals surface area contributed by atoms with Crippen LogP contribution in [0, 0.1) is 11.8 Å². The van der Waals surface area contributed by atoms with E-state index in [4.69, 9.17) is 0 Å². The lowest BCUT2D eigenvalue weighted by molar-refractivity contribution is -0.119. The number of hydrogen-bond donors (Lipinski definition) is 2. The normalized spacial score (nSPS) is 27.1. The van der Waals surface area contributed by atoms with E-state index in [9.17, 15) is 4.79 Å². The zero-order valence-electron chi connectivity index (χ0n) is 11.6. The van der Waals surface area contributed by atoms with Crippen molar-refractivity contribution in [3.8, 4) is 0 Å². The van der Waals surface area contributed by atoms with Crippen LogP contribution in [0.5, 0.6) is 0 Å². The van der Waals surface area contributed by atoms with Gasteiger partial charge in [0.15, 0.2) is 0 Å². The third-order valence-corrected chi connectivity index (χ3v) is 4.39. The predicted molar refractivity (Wildman–Crippen MR) is 73.4 cm³/mol. The molecule has 0 spiro atoms. The second-order valence-corrected chi connectivity index (χ2v) is 5.77. The summed E-state index contributed by atoms with van der Waals surface area (Å²) in [4.78, 5) is 13.4. The van der Waals surface area contributed by atoms with E-state index in [0.717, 1.165) is 24.9 Å². The predicted octanol–water partition coefficient (Wildman–Crippen LogP) is 0.834. The fraction of sp³-hybridized carbons (Fsp3) is 0.929. The van der Waals surface area contributed by atoms with E-state index in [1.165, 1.54) is 51.9 Å². The molecular weight excluding hydrogens is 226 g/mol. The van der Waals surface area contributed by atoms with Crippen molar-refractivity contribution in [2.24, 2.45) is 11.8 Å². The summed E-state index contributed by atoms with van der Waals surface area (Å²) in [6.45, 7) is 8.26. The number of likely N-dealkylation sites (tertiary alicyclic amines) is 1. The van der Waals surface area contributed by atoms with Crippen LogP contribution in [0.25, 0.3) is 0 Å². The maximum atomic E-state index is 10.9. The second-order valence-electron chi connectivity index (χ2n) is 5.77. The van der Waals surface area contributed by atoms with E-state index >= 15 is 0 Å². The highest BCUT2D eigenvalue weighted by atomic mass is 16.1. The smallest absolute Gasteiger partial charge is 0.216 e. The molecule has 0 saturated carbocycles. The highest BCUT2D eigenvalue weighted by Gasteiger charge is 2.27. The van der Waals surface area contributed by atoms with Gasteiger partial charge in [-0.05, 0) is 57.2 Å². The van der Waals surface area contributed by atoms with Gasteiger partial charge in [0.1, 0.15) is 0 Å². The molecular formula is C14H27N3O. The number of nitrogens with zero attached hydrogens (tertiary/aromatic N) is 1. The van der Waals surface area contributed by atoms with Crippen LogP contribution >= 0.6 is 0 Å². The summed E-state index contributed by atoms with van der Waals surface area (Å²) in [5, 5.41) is 6.35. The van der Waals surface area contributed by atoms with E-state index in [1.54, 1.807) is 6.92 Å². The molecule has 2 fully saturated rings. The maximum Gasteiger partial charge on any atom is 0.216 e. The third-order valence-electron chi connectivity index (χ3n) is 4.39. The Morgan fingerprint density at radius 3 is 2.78 bits per heavy atom. The van der Waals surface area contributed by atoms with Gasteiger partial charge < -0.3 is 15.5 Å². The molecule has 2 rings (SSSR count). The molecule has 2 heterocycles. The first-order valence-corrected chi connectivity index (χ1v) is 7.43. The number of amides is 1. The van der Waals surface area contributed by atoms with Crippen LogP contribution in [-0.4, -0.2) is 50.1 Å². The van der Waals surface area contributed by atoms with E-state index in [2.05, 4.69) is 15.5 Å². The molecule has 0 aromatic carbocycles. The minimum atomic E-state index is 0.0851. The van der Waals surface area contributed by atoms with Gasteiger partial charge in [-0.1, -0.05) is 0 Å². The summed E-state index contributed by atoms with van der Waals surface area (Å²) in [6, 6.07) is 0. The Bertz CT molecular complexity index is 264. The number of carbonyl (C=O) groups excluding carboxylic acids is 1. The molecule has 0 radical (unpaired) electrons. The molecule has 4 nitrogen and oxygen atoms in total. The van der Waals surface area contributed by atoms with Crippen LogP contribution in [0.2, 0.25) is 0 Å². The van der Waals surface area contributed by atoms with Gasteiger partial charge in [-0.25, -0.2) is 0 Å². The number of piperidine rings is 2. The average Bonchev–Trinajstić information content (AvgIpc) is 2.40. The maximum absolute atomic E-state index is 10.9. The molecule has 2 aliphatic rings. The lowest BCUT2D eigenvalue weighted by Crippen LogP contribution is -2.44. The van der Waals surface area contributed by atoms with Crippen molar-refractivity contribution in [1.82, 2.24) is 15.5 Å².